The number of carbonyl (C=O) groups is 1. The highest BCUT2D eigenvalue weighted by molar-refractivity contribution is 9.10. The number of hydrogen-bond acceptors (Lipinski definition) is 4. The van der Waals surface area contributed by atoms with Crippen molar-refractivity contribution in [3.05, 3.63) is 86.5 Å². The number of aromatic nitrogens is 1. The van der Waals surface area contributed by atoms with Gasteiger partial charge in [0.2, 0.25) is 0 Å². The molecule has 30 heavy (non-hydrogen) atoms. The van der Waals surface area contributed by atoms with Gasteiger partial charge in [0.05, 0.1) is 4.92 Å². The molecular weight excluding hydrogens is 457 g/mol. The van der Waals surface area contributed by atoms with Crippen LogP contribution in [-0.2, 0) is 6.42 Å². The zero-order valence-corrected chi connectivity index (χ0v) is 17.0. The number of fused-ring (bicyclic) bond motifs is 1. The standard InChI is InChI=1S/C21H15BrFN3O4/c22-17-10-14(26(28)29)2-3-15(17)19-5-6-20(30-19)21(27)24-8-7-12-11-25-18-4-1-13(23)9-16(12)18/h1-6,9-11,25H,7-8H2,(H,24,27). The summed E-state index contributed by atoms with van der Waals surface area (Å²) >= 11 is 3.29. The summed E-state index contributed by atoms with van der Waals surface area (Å²) in [7, 11) is 0. The van der Waals surface area contributed by atoms with Crippen molar-refractivity contribution in [1.82, 2.24) is 10.3 Å². The van der Waals surface area contributed by atoms with Gasteiger partial charge in [-0.25, -0.2) is 4.39 Å². The summed E-state index contributed by atoms with van der Waals surface area (Å²) in [5.41, 5.74) is 2.29. The molecule has 0 radical (unpaired) electrons. The summed E-state index contributed by atoms with van der Waals surface area (Å²) in [6.45, 7) is 0.347. The fourth-order valence-electron chi connectivity index (χ4n) is 3.18. The molecule has 0 unspecified atom stereocenters. The molecule has 7 nitrogen and oxygen atoms in total. The number of aromatic amines is 1. The summed E-state index contributed by atoms with van der Waals surface area (Å²) in [6, 6.07) is 12.0. The number of H-pyrrole nitrogens is 1. The molecule has 0 aliphatic carbocycles. The van der Waals surface area contributed by atoms with Crippen LogP contribution in [-0.4, -0.2) is 22.4 Å². The summed E-state index contributed by atoms with van der Waals surface area (Å²) in [5.74, 6) is -0.160. The highest BCUT2D eigenvalue weighted by Gasteiger charge is 2.16. The molecule has 4 aromatic rings. The predicted octanol–water partition coefficient (Wildman–Crippen LogP) is 5.21. The van der Waals surface area contributed by atoms with Gasteiger partial charge < -0.3 is 14.7 Å². The first kappa shape index (κ1) is 19.8. The highest BCUT2D eigenvalue weighted by Crippen LogP contribution is 2.32. The Morgan fingerprint density at radius 3 is 2.80 bits per heavy atom. The van der Waals surface area contributed by atoms with Gasteiger partial charge in [0.1, 0.15) is 11.6 Å². The monoisotopic (exact) mass is 471 g/mol. The van der Waals surface area contributed by atoms with E-state index in [1.165, 1.54) is 24.3 Å². The lowest BCUT2D eigenvalue weighted by Crippen LogP contribution is -2.25. The number of furan rings is 1. The number of nitro groups is 1. The molecule has 0 bridgehead atoms. The maximum Gasteiger partial charge on any atom is 0.287 e. The number of non-ortho nitro benzene ring substituents is 1. The van der Waals surface area contributed by atoms with Gasteiger partial charge >= 0.3 is 0 Å². The zero-order chi connectivity index (χ0) is 21.3. The summed E-state index contributed by atoms with van der Waals surface area (Å²) in [5, 5.41) is 14.4. The van der Waals surface area contributed by atoms with Crippen LogP contribution in [0.15, 0.2) is 63.6 Å². The molecule has 1 amide bonds. The molecule has 0 atom stereocenters. The van der Waals surface area contributed by atoms with Gasteiger partial charge in [-0.2, -0.15) is 0 Å². The Morgan fingerprint density at radius 2 is 2.03 bits per heavy atom. The second-order valence-corrected chi connectivity index (χ2v) is 7.45. The number of halogens is 2. The van der Waals surface area contributed by atoms with Gasteiger partial charge in [-0.3, -0.25) is 14.9 Å². The summed E-state index contributed by atoms with van der Waals surface area (Å²) in [4.78, 5) is 25.8. The largest absolute Gasteiger partial charge is 0.451 e. The van der Waals surface area contributed by atoms with Crippen LogP contribution in [0.1, 0.15) is 16.1 Å². The van der Waals surface area contributed by atoms with E-state index in [0.717, 1.165) is 16.5 Å². The molecule has 0 spiro atoms. The molecule has 0 aliphatic heterocycles. The quantitative estimate of drug-likeness (QED) is 0.297. The van der Waals surface area contributed by atoms with Crippen molar-refractivity contribution in [2.45, 2.75) is 6.42 Å². The number of nitrogens with zero attached hydrogens (tertiary/aromatic N) is 1. The molecule has 152 valence electrons. The fraction of sp³-hybridized carbons (Fsp3) is 0.0952. The van der Waals surface area contributed by atoms with E-state index in [1.807, 2.05) is 0 Å². The Labute approximate surface area is 178 Å². The Hall–Kier alpha value is -3.46. The number of rotatable bonds is 6. The van der Waals surface area contributed by atoms with E-state index in [0.29, 0.717) is 28.8 Å². The Bertz CT molecular complexity index is 1260. The van der Waals surface area contributed by atoms with E-state index in [4.69, 9.17) is 4.42 Å². The van der Waals surface area contributed by atoms with Gasteiger partial charge in [0.25, 0.3) is 11.6 Å². The number of amides is 1. The Kier molecular flexibility index (Phi) is 5.37. The smallest absolute Gasteiger partial charge is 0.287 e. The maximum absolute atomic E-state index is 13.5. The van der Waals surface area contributed by atoms with E-state index < -0.39 is 4.92 Å². The van der Waals surface area contributed by atoms with Gasteiger partial charge in [-0.15, -0.1) is 0 Å². The van der Waals surface area contributed by atoms with Crippen LogP contribution in [0.2, 0.25) is 0 Å². The molecule has 2 N–H and O–H groups in total. The van der Waals surface area contributed by atoms with Crippen molar-refractivity contribution in [3.63, 3.8) is 0 Å². The second kappa shape index (κ2) is 8.11. The van der Waals surface area contributed by atoms with Gasteiger partial charge in [0, 0.05) is 45.8 Å². The molecule has 0 aliphatic rings. The third kappa shape index (κ3) is 3.97. The van der Waals surface area contributed by atoms with E-state index >= 15 is 0 Å². The maximum atomic E-state index is 13.5. The molecule has 2 heterocycles. The lowest BCUT2D eigenvalue weighted by atomic mass is 10.1. The van der Waals surface area contributed by atoms with Crippen LogP contribution < -0.4 is 5.32 Å². The molecule has 0 saturated heterocycles. The van der Waals surface area contributed by atoms with Crippen molar-refractivity contribution in [2.24, 2.45) is 0 Å². The van der Waals surface area contributed by atoms with Crippen LogP contribution in [0.4, 0.5) is 10.1 Å². The van der Waals surface area contributed by atoms with Crippen molar-refractivity contribution in [2.75, 3.05) is 6.54 Å². The molecule has 0 fully saturated rings. The van der Waals surface area contributed by atoms with E-state index in [-0.39, 0.29) is 23.2 Å². The summed E-state index contributed by atoms with van der Waals surface area (Å²) in [6.07, 6.45) is 2.32. The number of carbonyl (C=O) groups excluding carboxylic acids is 1. The van der Waals surface area contributed by atoms with E-state index in [1.54, 1.807) is 30.5 Å². The van der Waals surface area contributed by atoms with Gasteiger partial charge in [-0.1, -0.05) is 0 Å². The molecule has 0 saturated carbocycles. The normalized spacial score (nSPS) is 11.0. The number of benzene rings is 2. The number of hydrogen-bond donors (Lipinski definition) is 2. The second-order valence-electron chi connectivity index (χ2n) is 6.59. The van der Waals surface area contributed by atoms with E-state index in [9.17, 15) is 19.3 Å². The van der Waals surface area contributed by atoms with Crippen molar-refractivity contribution < 1.29 is 18.5 Å². The van der Waals surface area contributed by atoms with Crippen molar-refractivity contribution >= 4 is 38.4 Å². The van der Waals surface area contributed by atoms with Crippen LogP contribution in [0.3, 0.4) is 0 Å². The average Bonchev–Trinajstić information content (AvgIpc) is 3.35. The first-order chi connectivity index (χ1) is 14.4. The Balaban J connectivity index is 1.42. The van der Waals surface area contributed by atoms with Crippen LogP contribution in [0.25, 0.3) is 22.2 Å². The first-order valence-corrected chi connectivity index (χ1v) is 9.79. The third-order valence-electron chi connectivity index (χ3n) is 4.67. The van der Waals surface area contributed by atoms with Crippen LogP contribution >= 0.6 is 15.9 Å². The lowest BCUT2D eigenvalue weighted by Gasteiger charge is -2.04. The molecule has 4 rings (SSSR count). The Morgan fingerprint density at radius 1 is 1.20 bits per heavy atom. The van der Waals surface area contributed by atoms with Gasteiger partial charge in [-0.05, 0) is 64.3 Å². The molecule has 9 heteroatoms. The zero-order valence-electron chi connectivity index (χ0n) is 15.4. The molecule has 2 aromatic carbocycles. The topological polar surface area (TPSA) is 101 Å². The predicted molar refractivity (Wildman–Crippen MR) is 113 cm³/mol. The average molecular weight is 472 g/mol. The minimum Gasteiger partial charge on any atom is -0.451 e. The number of nitrogens with one attached hydrogen (secondary N) is 2. The van der Waals surface area contributed by atoms with Crippen LogP contribution in [0, 0.1) is 15.9 Å². The lowest BCUT2D eigenvalue weighted by molar-refractivity contribution is -0.384. The van der Waals surface area contributed by atoms with E-state index in [2.05, 4.69) is 26.2 Å². The fourth-order valence-corrected chi connectivity index (χ4v) is 3.74. The molecule has 2 aromatic heterocycles. The third-order valence-corrected chi connectivity index (χ3v) is 5.32. The first-order valence-electron chi connectivity index (χ1n) is 9.00. The number of nitro benzene ring substituents is 1. The minimum absolute atomic E-state index is 0.0488. The van der Waals surface area contributed by atoms with Crippen molar-refractivity contribution in [1.29, 1.82) is 0 Å². The SMILES string of the molecule is O=C(NCCc1c[nH]c2ccc(F)cc12)c1ccc(-c2ccc([N+](=O)[O-])cc2Br)o1. The van der Waals surface area contributed by atoms with Gasteiger partial charge in [0.15, 0.2) is 5.76 Å². The van der Waals surface area contributed by atoms with Crippen molar-refractivity contribution in [3.8, 4) is 11.3 Å². The molecular formula is C21H15BrFN3O4. The highest BCUT2D eigenvalue weighted by atomic mass is 79.9. The van der Waals surface area contributed by atoms with Crippen LogP contribution in [0.5, 0.6) is 0 Å². The summed E-state index contributed by atoms with van der Waals surface area (Å²) < 4.78 is 19.6. The minimum atomic E-state index is -0.488.